The van der Waals surface area contributed by atoms with Crippen LogP contribution in [0.4, 0.5) is 0 Å². The molecule has 3 nitrogen and oxygen atoms in total. The average molecular weight is 261 g/mol. The van der Waals surface area contributed by atoms with Gasteiger partial charge in [0.2, 0.25) is 0 Å². The van der Waals surface area contributed by atoms with Gasteiger partial charge in [-0.05, 0) is 33.3 Å². The Kier molecular flexibility index (Phi) is 9.19. The standard InChI is InChI=1S/C13H19O3P.Li/c1-4-5-8-17-13(14)11-7-6-10(15-2)9-12(11)16-3;/h6-7,9,17H,4-5,8H2,1-3H3;. The molecule has 0 heterocycles. The Morgan fingerprint density at radius 2 is 2.00 bits per heavy atom. The molecule has 0 aliphatic carbocycles. The summed E-state index contributed by atoms with van der Waals surface area (Å²) in [6.07, 6.45) is 3.19. The molecule has 0 N–H and O–H groups in total. The average Bonchev–Trinajstić information content (AvgIpc) is 2.38. The van der Waals surface area contributed by atoms with E-state index < -0.39 is 0 Å². The van der Waals surface area contributed by atoms with Gasteiger partial charge in [-0.25, -0.2) is 0 Å². The van der Waals surface area contributed by atoms with Crippen LogP contribution < -0.4 is 9.47 Å². The molecule has 0 saturated heterocycles. The summed E-state index contributed by atoms with van der Waals surface area (Å²) in [7, 11) is 3.49. The second-order valence-electron chi connectivity index (χ2n) is 3.68. The van der Waals surface area contributed by atoms with E-state index in [0.717, 1.165) is 19.0 Å². The van der Waals surface area contributed by atoms with E-state index in [1.807, 2.05) is 0 Å². The predicted octanol–water partition coefficient (Wildman–Crippen LogP) is 2.94. The fraction of sp³-hybridized carbons (Fsp3) is 0.462. The maximum Gasteiger partial charge on any atom is 0.184 e. The quantitative estimate of drug-likeness (QED) is 0.430. The number of ether oxygens (including phenoxy) is 2. The molecule has 0 bridgehead atoms. The Balaban J connectivity index is 0.00000289. The summed E-state index contributed by atoms with van der Waals surface area (Å²) in [6, 6.07) is 5.32. The zero-order valence-electron chi connectivity index (χ0n) is 11.6. The summed E-state index contributed by atoms with van der Waals surface area (Å²) in [5.74, 6) is 1.30. The van der Waals surface area contributed by atoms with Gasteiger partial charge >= 0.3 is 0 Å². The molecule has 0 saturated carbocycles. The molecule has 1 aromatic carbocycles. The van der Waals surface area contributed by atoms with Crippen molar-refractivity contribution in [3.63, 3.8) is 0 Å². The third-order valence-corrected chi connectivity index (χ3v) is 3.66. The van der Waals surface area contributed by atoms with Crippen LogP contribution in [0.15, 0.2) is 18.2 Å². The summed E-state index contributed by atoms with van der Waals surface area (Å²) in [4.78, 5) is 12.0. The van der Waals surface area contributed by atoms with E-state index in [2.05, 4.69) is 6.92 Å². The van der Waals surface area contributed by atoms with Crippen LogP contribution in [0.1, 0.15) is 30.1 Å². The molecule has 18 heavy (non-hydrogen) atoms. The number of carbonyl (C=O) groups excluding carboxylic acids is 1. The molecule has 0 amide bonds. The number of methoxy groups -OCH3 is 2. The van der Waals surface area contributed by atoms with Crippen molar-refractivity contribution in [2.45, 2.75) is 19.8 Å². The van der Waals surface area contributed by atoms with Crippen LogP contribution in [-0.2, 0) is 0 Å². The van der Waals surface area contributed by atoms with Crippen LogP contribution in [0.25, 0.3) is 0 Å². The molecule has 0 aliphatic heterocycles. The molecule has 0 aromatic heterocycles. The SMILES string of the molecule is CCCCPC(=O)c1ccc(OC)cc1OC.[Li]. The van der Waals surface area contributed by atoms with E-state index in [1.165, 1.54) is 0 Å². The number of carbonyl (C=O) groups is 1. The molecule has 1 unspecified atom stereocenters. The van der Waals surface area contributed by atoms with E-state index in [9.17, 15) is 4.79 Å². The Bertz CT molecular complexity index is 382. The van der Waals surface area contributed by atoms with Crippen molar-refractivity contribution in [3.8, 4) is 11.5 Å². The minimum absolute atomic E-state index is 0. The number of hydrogen-bond donors (Lipinski definition) is 0. The van der Waals surface area contributed by atoms with Crippen LogP contribution in [-0.4, -0.2) is 44.8 Å². The summed E-state index contributed by atoms with van der Waals surface area (Å²) < 4.78 is 10.3. The molecule has 95 valence electrons. The van der Waals surface area contributed by atoms with Gasteiger partial charge in [0.1, 0.15) is 11.5 Å². The Morgan fingerprint density at radius 3 is 2.56 bits per heavy atom. The second kappa shape index (κ2) is 9.45. The first-order chi connectivity index (χ1) is 8.22. The summed E-state index contributed by atoms with van der Waals surface area (Å²) in [6.45, 7) is 2.13. The van der Waals surface area contributed by atoms with Gasteiger partial charge in [-0.15, -0.1) is 0 Å². The molecular formula is C13H19LiO3P. The maximum atomic E-state index is 12.0. The van der Waals surface area contributed by atoms with Crippen LogP contribution in [0, 0.1) is 0 Å². The molecule has 1 aromatic rings. The number of hydrogen-bond acceptors (Lipinski definition) is 3. The third kappa shape index (κ3) is 5.02. The van der Waals surface area contributed by atoms with E-state index in [4.69, 9.17) is 9.47 Å². The van der Waals surface area contributed by atoms with Gasteiger partial charge in [0.05, 0.1) is 19.8 Å². The minimum Gasteiger partial charge on any atom is -0.497 e. The molecular weight excluding hydrogens is 242 g/mol. The Hall–Kier alpha value is -0.483. The van der Waals surface area contributed by atoms with Crippen molar-refractivity contribution < 1.29 is 14.3 Å². The van der Waals surface area contributed by atoms with Crippen molar-refractivity contribution in [3.05, 3.63) is 23.8 Å². The number of unbranched alkanes of at least 4 members (excludes halogenated alkanes) is 1. The molecule has 5 heteroatoms. The van der Waals surface area contributed by atoms with Gasteiger partial charge in [0, 0.05) is 24.9 Å². The minimum atomic E-state index is 0. The zero-order valence-corrected chi connectivity index (χ0v) is 12.6. The van der Waals surface area contributed by atoms with E-state index >= 15 is 0 Å². The predicted molar refractivity (Wildman–Crippen MR) is 77.7 cm³/mol. The number of rotatable bonds is 7. The fourth-order valence-corrected chi connectivity index (χ4v) is 2.61. The zero-order chi connectivity index (χ0) is 12.7. The molecule has 1 atom stereocenters. The van der Waals surface area contributed by atoms with Gasteiger partial charge in [0.15, 0.2) is 5.52 Å². The van der Waals surface area contributed by atoms with Gasteiger partial charge in [0.25, 0.3) is 0 Å². The van der Waals surface area contributed by atoms with E-state index in [1.54, 1.807) is 32.4 Å². The van der Waals surface area contributed by atoms with Crippen molar-refractivity contribution in [2.24, 2.45) is 0 Å². The summed E-state index contributed by atoms with van der Waals surface area (Å²) >= 11 is 0. The van der Waals surface area contributed by atoms with Crippen LogP contribution >= 0.6 is 8.58 Å². The molecule has 1 rings (SSSR count). The van der Waals surface area contributed by atoms with Gasteiger partial charge in [-0.3, -0.25) is 4.79 Å². The normalized spacial score (nSPS) is 10.2. The monoisotopic (exact) mass is 261 g/mol. The summed E-state index contributed by atoms with van der Waals surface area (Å²) in [5, 5.41) is 0. The van der Waals surface area contributed by atoms with Crippen LogP contribution in [0.2, 0.25) is 0 Å². The Morgan fingerprint density at radius 1 is 1.28 bits per heavy atom. The van der Waals surface area contributed by atoms with E-state index in [0.29, 0.717) is 25.6 Å². The van der Waals surface area contributed by atoms with Gasteiger partial charge < -0.3 is 9.47 Å². The molecule has 0 aliphatic rings. The van der Waals surface area contributed by atoms with Crippen LogP contribution in [0.5, 0.6) is 11.5 Å². The maximum absolute atomic E-state index is 12.0. The largest absolute Gasteiger partial charge is 0.497 e. The first kappa shape index (κ1) is 17.5. The van der Waals surface area contributed by atoms with Crippen molar-refractivity contribution in [1.29, 1.82) is 0 Å². The van der Waals surface area contributed by atoms with Crippen LogP contribution in [0.3, 0.4) is 0 Å². The Labute approximate surface area is 123 Å². The molecule has 0 fully saturated rings. The summed E-state index contributed by atoms with van der Waals surface area (Å²) in [5.41, 5.74) is 0.820. The first-order valence-corrected chi connectivity index (χ1v) is 6.93. The van der Waals surface area contributed by atoms with Crippen molar-refractivity contribution in [1.82, 2.24) is 0 Å². The molecule has 1 radical (unpaired) electrons. The third-order valence-electron chi connectivity index (χ3n) is 2.47. The van der Waals surface area contributed by atoms with E-state index in [-0.39, 0.29) is 24.4 Å². The van der Waals surface area contributed by atoms with Gasteiger partial charge in [-0.1, -0.05) is 13.3 Å². The fourth-order valence-electron chi connectivity index (χ4n) is 1.46. The molecule has 0 spiro atoms. The topological polar surface area (TPSA) is 35.5 Å². The smallest absolute Gasteiger partial charge is 0.184 e. The number of benzene rings is 1. The first-order valence-electron chi connectivity index (χ1n) is 5.73. The second-order valence-corrected chi connectivity index (χ2v) is 4.98. The van der Waals surface area contributed by atoms with Crippen molar-refractivity contribution in [2.75, 3.05) is 20.4 Å². The van der Waals surface area contributed by atoms with Gasteiger partial charge in [-0.2, -0.15) is 0 Å². The van der Waals surface area contributed by atoms with Crippen molar-refractivity contribution >= 4 is 33.0 Å².